The van der Waals surface area contributed by atoms with Gasteiger partial charge in [-0.25, -0.2) is 0 Å². The zero-order valence-electron chi connectivity index (χ0n) is 13.4. The predicted octanol–water partition coefficient (Wildman–Crippen LogP) is 1.74. The summed E-state index contributed by atoms with van der Waals surface area (Å²) in [6.07, 6.45) is 1.00. The molecule has 2 rings (SSSR count). The molecule has 0 saturated heterocycles. The van der Waals surface area contributed by atoms with Gasteiger partial charge in [0.2, 0.25) is 5.91 Å². The van der Waals surface area contributed by atoms with Gasteiger partial charge >= 0.3 is 0 Å². The van der Waals surface area contributed by atoms with Crippen molar-refractivity contribution in [2.45, 2.75) is 39.3 Å². The first-order valence-electron chi connectivity index (χ1n) is 7.69. The molecule has 0 radical (unpaired) electrons. The number of ether oxygens (including phenoxy) is 1. The number of nitrogens with one attached hydrogen (secondary N) is 2. The molecule has 1 fully saturated rings. The molecule has 22 heavy (non-hydrogen) atoms. The highest BCUT2D eigenvalue weighted by atomic mass is 16.5. The van der Waals surface area contributed by atoms with Gasteiger partial charge in [0.15, 0.2) is 0 Å². The van der Waals surface area contributed by atoms with Gasteiger partial charge in [0.25, 0.3) is 5.91 Å². The van der Waals surface area contributed by atoms with E-state index in [4.69, 9.17) is 4.74 Å². The van der Waals surface area contributed by atoms with Gasteiger partial charge < -0.3 is 15.4 Å². The summed E-state index contributed by atoms with van der Waals surface area (Å²) >= 11 is 0. The van der Waals surface area contributed by atoms with E-state index < -0.39 is 0 Å². The molecule has 0 bridgehead atoms. The van der Waals surface area contributed by atoms with Crippen LogP contribution in [0.4, 0.5) is 0 Å². The largest absolute Gasteiger partial charge is 0.378 e. The van der Waals surface area contributed by atoms with Crippen molar-refractivity contribution >= 4 is 11.8 Å². The lowest BCUT2D eigenvalue weighted by Crippen LogP contribution is -2.62. The number of benzene rings is 1. The van der Waals surface area contributed by atoms with Crippen molar-refractivity contribution in [2.24, 2.45) is 5.41 Å². The summed E-state index contributed by atoms with van der Waals surface area (Å²) in [7, 11) is 0. The van der Waals surface area contributed by atoms with E-state index in [9.17, 15) is 9.59 Å². The second-order valence-electron chi connectivity index (χ2n) is 6.17. The first-order valence-corrected chi connectivity index (χ1v) is 7.69. The summed E-state index contributed by atoms with van der Waals surface area (Å²) < 4.78 is 5.64. The van der Waals surface area contributed by atoms with Gasteiger partial charge in [-0.2, -0.15) is 0 Å². The summed E-state index contributed by atoms with van der Waals surface area (Å²) in [4.78, 5) is 23.8. The Hall–Kier alpha value is -1.88. The van der Waals surface area contributed by atoms with Gasteiger partial charge in [-0.05, 0) is 25.5 Å². The van der Waals surface area contributed by atoms with Gasteiger partial charge in [0.1, 0.15) is 0 Å². The second kappa shape index (κ2) is 6.92. The van der Waals surface area contributed by atoms with Gasteiger partial charge in [-0.15, -0.1) is 0 Å². The molecule has 0 spiro atoms. The lowest BCUT2D eigenvalue weighted by molar-refractivity contribution is -0.135. The molecule has 1 aromatic rings. The predicted molar refractivity (Wildman–Crippen MR) is 84.5 cm³/mol. The van der Waals surface area contributed by atoms with Crippen LogP contribution in [0.1, 0.15) is 37.6 Å². The molecule has 5 heteroatoms. The first kappa shape index (κ1) is 16.5. The SMILES string of the molecule is CCO[C@H]1C[C@@H](NC(=O)CNC(=O)c2ccccc2)C1(C)C. The maximum Gasteiger partial charge on any atom is 0.251 e. The van der Waals surface area contributed by atoms with Crippen LogP contribution in [0.15, 0.2) is 30.3 Å². The smallest absolute Gasteiger partial charge is 0.251 e. The monoisotopic (exact) mass is 304 g/mol. The summed E-state index contributed by atoms with van der Waals surface area (Å²) in [5.74, 6) is -0.409. The highest BCUT2D eigenvalue weighted by Crippen LogP contribution is 2.42. The molecule has 2 N–H and O–H groups in total. The molecule has 5 nitrogen and oxygen atoms in total. The second-order valence-corrected chi connectivity index (χ2v) is 6.17. The maximum atomic E-state index is 12.0. The Morgan fingerprint density at radius 2 is 1.95 bits per heavy atom. The van der Waals surface area contributed by atoms with Crippen molar-refractivity contribution in [3.8, 4) is 0 Å². The topological polar surface area (TPSA) is 67.4 Å². The highest BCUT2D eigenvalue weighted by Gasteiger charge is 2.49. The van der Waals surface area contributed by atoms with E-state index in [1.807, 2.05) is 13.0 Å². The van der Waals surface area contributed by atoms with Gasteiger partial charge in [-0.3, -0.25) is 9.59 Å². The van der Waals surface area contributed by atoms with E-state index in [2.05, 4.69) is 24.5 Å². The molecule has 1 aliphatic carbocycles. The normalized spacial score (nSPS) is 22.5. The molecular weight excluding hydrogens is 280 g/mol. The van der Waals surface area contributed by atoms with Crippen LogP contribution in [0.2, 0.25) is 0 Å². The maximum absolute atomic E-state index is 12.0. The van der Waals surface area contributed by atoms with Gasteiger partial charge in [-0.1, -0.05) is 32.0 Å². The molecule has 1 aromatic carbocycles. The fraction of sp³-hybridized carbons (Fsp3) is 0.529. The molecule has 1 saturated carbocycles. The third-order valence-electron chi connectivity index (χ3n) is 4.33. The van der Waals surface area contributed by atoms with Crippen LogP contribution in [0.3, 0.4) is 0 Å². The summed E-state index contributed by atoms with van der Waals surface area (Å²) in [5, 5.41) is 5.60. The average Bonchev–Trinajstić information content (AvgIpc) is 2.52. The fourth-order valence-electron chi connectivity index (χ4n) is 2.71. The van der Waals surface area contributed by atoms with Crippen molar-refractivity contribution in [1.29, 1.82) is 0 Å². The number of hydrogen-bond donors (Lipinski definition) is 2. The average molecular weight is 304 g/mol. The molecule has 120 valence electrons. The third kappa shape index (κ3) is 3.65. The zero-order valence-corrected chi connectivity index (χ0v) is 13.4. The van der Waals surface area contributed by atoms with E-state index in [1.165, 1.54) is 0 Å². The van der Waals surface area contributed by atoms with Crippen LogP contribution in [0, 0.1) is 5.41 Å². The Morgan fingerprint density at radius 1 is 1.27 bits per heavy atom. The van der Waals surface area contributed by atoms with Crippen molar-refractivity contribution in [3.05, 3.63) is 35.9 Å². The number of rotatable bonds is 6. The summed E-state index contributed by atoms with van der Waals surface area (Å²) in [6, 6.07) is 8.95. The molecular formula is C17H24N2O3. The minimum Gasteiger partial charge on any atom is -0.378 e. The minimum atomic E-state index is -0.240. The van der Waals surface area contributed by atoms with E-state index in [0.717, 1.165) is 6.42 Å². The number of amides is 2. The van der Waals surface area contributed by atoms with Crippen LogP contribution >= 0.6 is 0 Å². The van der Waals surface area contributed by atoms with Gasteiger partial charge in [0.05, 0.1) is 12.6 Å². The standard InChI is InChI=1S/C17H24N2O3/c1-4-22-14-10-13(17(14,2)3)19-15(20)11-18-16(21)12-8-6-5-7-9-12/h5-9,13-14H,4,10-11H2,1-3H3,(H,18,21)(H,19,20)/t13-,14+/m1/s1. The Kier molecular flexibility index (Phi) is 5.19. The van der Waals surface area contributed by atoms with E-state index in [-0.39, 0.29) is 35.9 Å². The highest BCUT2D eigenvalue weighted by molar-refractivity contribution is 5.96. The Labute approximate surface area is 131 Å². The molecule has 0 heterocycles. The Balaban J connectivity index is 1.76. The van der Waals surface area contributed by atoms with E-state index >= 15 is 0 Å². The molecule has 2 atom stereocenters. The van der Waals surface area contributed by atoms with Crippen LogP contribution in [0.5, 0.6) is 0 Å². The Morgan fingerprint density at radius 3 is 2.55 bits per heavy atom. The van der Waals surface area contributed by atoms with Gasteiger partial charge in [0, 0.05) is 23.6 Å². The fourth-order valence-corrected chi connectivity index (χ4v) is 2.71. The molecule has 0 aliphatic heterocycles. The van der Waals surface area contributed by atoms with Crippen molar-refractivity contribution in [2.75, 3.05) is 13.2 Å². The van der Waals surface area contributed by atoms with E-state index in [1.54, 1.807) is 24.3 Å². The summed E-state index contributed by atoms with van der Waals surface area (Å²) in [6.45, 7) is 6.82. The number of carbonyl (C=O) groups excluding carboxylic acids is 2. The molecule has 0 unspecified atom stereocenters. The number of carbonyl (C=O) groups is 2. The van der Waals surface area contributed by atoms with Crippen LogP contribution in [-0.2, 0) is 9.53 Å². The molecule has 0 aromatic heterocycles. The van der Waals surface area contributed by atoms with Crippen molar-refractivity contribution in [1.82, 2.24) is 10.6 Å². The minimum absolute atomic E-state index is 0.0143. The third-order valence-corrected chi connectivity index (χ3v) is 4.33. The van der Waals surface area contributed by atoms with Crippen LogP contribution in [-0.4, -0.2) is 37.1 Å². The first-order chi connectivity index (χ1) is 10.4. The lowest BCUT2D eigenvalue weighted by atomic mass is 9.64. The summed E-state index contributed by atoms with van der Waals surface area (Å²) in [5.41, 5.74) is 0.477. The zero-order chi connectivity index (χ0) is 16.2. The quantitative estimate of drug-likeness (QED) is 0.841. The van der Waals surface area contributed by atoms with Crippen molar-refractivity contribution in [3.63, 3.8) is 0 Å². The number of hydrogen-bond acceptors (Lipinski definition) is 3. The Bertz CT molecular complexity index is 528. The van der Waals surface area contributed by atoms with Crippen LogP contribution < -0.4 is 10.6 Å². The molecule has 1 aliphatic rings. The van der Waals surface area contributed by atoms with Crippen LogP contribution in [0.25, 0.3) is 0 Å². The van der Waals surface area contributed by atoms with E-state index in [0.29, 0.717) is 12.2 Å². The molecule has 2 amide bonds. The van der Waals surface area contributed by atoms with Crippen molar-refractivity contribution < 1.29 is 14.3 Å². The lowest BCUT2D eigenvalue weighted by Gasteiger charge is -2.51.